The minimum atomic E-state index is -0.337. The Kier molecular flexibility index (Phi) is 3.48. The number of amides is 1. The van der Waals surface area contributed by atoms with Gasteiger partial charge in [-0.25, -0.2) is 0 Å². The van der Waals surface area contributed by atoms with E-state index in [4.69, 9.17) is 0 Å². The highest BCUT2D eigenvalue weighted by Crippen LogP contribution is 2.37. The summed E-state index contributed by atoms with van der Waals surface area (Å²) in [4.78, 5) is 14.6. The second-order valence-electron chi connectivity index (χ2n) is 5.96. The van der Waals surface area contributed by atoms with Gasteiger partial charge in [-0.1, -0.05) is 26.7 Å². The van der Waals surface area contributed by atoms with Gasteiger partial charge in [-0.2, -0.15) is 0 Å². The van der Waals surface area contributed by atoms with E-state index in [-0.39, 0.29) is 11.7 Å². The molecule has 1 aliphatic heterocycles. The van der Waals surface area contributed by atoms with Gasteiger partial charge in [-0.05, 0) is 39.0 Å². The summed E-state index contributed by atoms with van der Waals surface area (Å²) in [6, 6.07) is 0.436. The van der Waals surface area contributed by atoms with Crippen LogP contribution in [0.3, 0.4) is 0 Å². The normalized spacial score (nSPS) is 35.4. The third kappa shape index (κ3) is 2.35. The van der Waals surface area contributed by atoms with E-state index in [1.807, 2.05) is 6.92 Å². The molecule has 3 unspecified atom stereocenters. The molecule has 2 fully saturated rings. The van der Waals surface area contributed by atoms with E-state index in [9.17, 15) is 4.79 Å². The van der Waals surface area contributed by atoms with Crippen LogP contribution in [-0.2, 0) is 4.79 Å². The lowest BCUT2D eigenvalue weighted by atomic mass is 9.98. The minimum absolute atomic E-state index is 0.191. The largest absolute Gasteiger partial charge is 0.323 e. The molecule has 0 radical (unpaired) electrons. The van der Waals surface area contributed by atoms with Gasteiger partial charge in [0.25, 0.3) is 0 Å². The van der Waals surface area contributed by atoms with Crippen LogP contribution in [0.2, 0.25) is 0 Å². The van der Waals surface area contributed by atoms with Crippen molar-refractivity contribution >= 4 is 5.91 Å². The summed E-state index contributed by atoms with van der Waals surface area (Å²) in [7, 11) is 0. The smallest absolute Gasteiger partial charge is 0.244 e. The Labute approximate surface area is 105 Å². The Balaban J connectivity index is 2.10. The molecule has 1 aliphatic carbocycles. The lowest BCUT2D eigenvalue weighted by Crippen LogP contribution is -2.45. The molecule has 2 rings (SSSR count). The molecule has 1 saturated carbocycles. The van der Waals surface area contributed by atoms with Crippen LogP contribution in [-0.4, -0.2) is 28.6 Å². The Morgan fingerprint density at radius 3 is 2.53 bits per heavy atom. The maximum Gasteiger partial charge on any atom is 0.244 e. The average Bonchev–Trinajstić information content (AvgIpc) is 3.07. The van der Waals surface area contributed by atoms with Crippen LogP contribution in [0, 0.1) is 5.92 Å². The first-order chi connectivity index (χ1) is 8.01. The van der Waals surface area contributed by atoms with Crippen molar-refractivity contribution in [3.8, 4) is 0 Å². The Bertz CT molecular complexity index is 301. The van der Waals surface area contributed by atoms with Crippen LogP contribution in [0.1, 0.15) is 59.8 Å². The van der Waals surface area contributed by atoms with E-state index < -0.39 is 0 Å². The summed E-state index contributed by atoms with van der Waals surface area (Å²) < 4.78 is 0. The standard InChI is InChI=1S/C14H26N2O/c1-5-12(9-11-7-8-11)16-10(3)15-14(4,6-2)13(16)17/h10-12,15H,5-9H2,1-4H3. The van der Waals surface area contributed by atoms with Crippen LogP contribution >= 0.6 is 0 Å². The summed E-state index contributed by atoms with van der Waals surface area (Å²) in [6.07, 6.45) is 6.07. The van der Waals surface area contributed by atoms with Crippen molar-refractivity contribution in [2.24, 2.45) is 5.92 Å². The van der Waals surface area contributed by atoms with E-state index in [1.54, 1.807) is 0 Å². The number of nitrogens with zero attached hydrogens (tertiary/aromatic N) is 1. The van der Waals surface area contributed by atoms with Gasteiger partial charge in [-0.3, -0.25) is 10.1 Å². The van der Waals surface area contributed by atoms with Crippen molar-refractivity contribution in [2.45, 2.75) is 77.5 Å². The number of carbonyl (C=O) groups excluding carboxylic acids is 1. The predicted octanol–water partition coefficient (Wildman–Crippen LogP) is 2.51. The summed E-state index contributed by atoms with van der Waals surface area (Å²) in [5.74, 6) is 1.19. The first kappa shape index (κ1) is 12.9. The van der Waals surface area contributed by atoms with Gasteiger partial charge in [0.1, 0.15) is 0 Å². The Hall–Kier alpha value is -0.570. The van der Waals surface area contributed by atoms with Gasteiger partial charge in [0.05, 0.1) is 11.7 Å². The zero-order valence-corrected chi connectivity index (χ0v) is 11.6. The maximum absolute atomic E-state index is 12.5. The number of hydrogen-bond donors (Lipinski definition) is 1. The summed E-state index contributed by atoms with van der Waals surface area (Å²) >= 11 is 0. The number of rotatable bonds is 5. The SMILES string of the molecule is CCC(CC1CC1)N1C(=O)C(C)(CC)NC1C. The molecule has 0 bridgehead atoms. The highest BCUT2D eigenvalue weighted by atomic mass is 16.2. The van der Waals surface area contributed by atoms with Crippen LogP contribution in [0.4, 0.5) is 0 Å². The van der Waals surface area contributed by atoms with E-state index in [0.29, 0.717) is 11.9 Å². The number of carbonyl (C=O) groups is 1. The zero-order valence-electron chi connectivity index (χ0n) is 11.6. The van der Waals surface area contributed by atoms with E-state index in [2.05, 4.69) is 31.0 Å². The molecule has 3 heteroatoms. The van der Waals surface area contributed by atoms with Crippen molar-refractivity contribution < 1.29 is 4.79 Å². The molecule has 2 aliphatic rings. The van der Waals surface area contributed by atoms with Gasteiger partial charge in [0, 0.05) is 6.04 Å². The molecule has 3 atom stereocenters. The van der Waals surface area contributed by atoms with Crippen LogP contribution in [0.5, 0.6) is 0 Å². The van der Waals surface area contributed by atoms with Crippen molar-refractivity contribution in [3.05, 3.63) is 0 Å². The molecule has 17 heavy (non-hydrogen) atoms. The Morgan fingerprint density at radius 2 is 2.12 bits per heavy atom. The second kappa shape index (κ2) is 4.60. The molecular weight excluding hydrogens is 212 g/mol. The molecular formula is C14H26N2O. The van der Waals surface area contributed by atoms with Gasteiger partial charge in [0.15, 0.2) is 0 Å². The van der Waals surface area contributed by atoms with E-state index >= 15 is 0 Å². The summed E-state index contributed by atoms with van der Waals surface area (Å²) in [5.41, 5.74) is -0.337. The fourth-order valence-electron chi connectivity index (χ4n) is 3.00. The van der Waals surface area contributed by atoms with Gasteiger partial charge in [0.2, 0.25) is 5.91 Å². The molecule has 1 N–H and O–H groups in total. The maximum atomic E-state index is 12.5. The lowest BCUT2D eigenvalue weighted by molar-refractivity contribution is -0.135. The van der Waals surface area contributed by atoms with E-state index in [0.717, 1.165) is 18.8 Å². The monoisotopic (exact) mass is 238 g/mol. The van der Waals surface area contributed by atoms with Gasteiger partial charge in [-0.15, -0.1) is 0 Å². The molecule has 3 nitrogen and oxygen atoms in total. The fraction of sp³-hybridized carbons (Fsp3) is 0.929. The van der Waals surface area contributed by atoms with E-state index in [1.165, 1.54) is 19.3 Å². The average molecular weight is 238 g/mol. The molecule has 0 aromatic carbocycles. The van der Waals surface area contributed by atoms with Gasteiger partial charge < -0.3 is 4.90 Å². The number of hydrogen-bond acceptors (Lipinski definition) is 2. The second-order valence-corrected chi connectivity index (χ2v) is 5.96. The minimum Gasteiger partial charge on any atom is -0.323 e. The molecule has 1 heterocycles. The highest BCUT2D eigenvalue weighted by molar-refractivity contribution is 5.88. The summed E-state index contributed by atoms with van der Waals surface area (Å²) in [6.45, 7) is 8.45. The highest BCUT2D eigenvalue weighted by Gasteiger charge is 2.47. The van der Waals surface area contributed by atoms with Crippen molar-refractivity contribution in [1.82, 2.24) is 10.2 Å². The molecule has 0 aromatic rings. The molecule has 1 saturated heterocycles. The van der Waals surface area contributed by atoms with Crippen LogP contribution in [0.25, 0.3) is 0 Å². The summed E-state index contributed by atoms with van der Waals surface area (Å²) in [5, 5.41) is 3.46. The fourth-order valence-corrected chi connectivity index (χ4v) is 3.00. The molecule has 0 spiro atoms. The molecule has 0 aromatic heterocycles. The van der Waals surface area contributed by atoms with Crippen molar-refractivity contribution in [1.29, 1.82) is 0 Å². The Morgan fingerprint density at radius 1 is 1.47 bits per heavy atom. The first-order valence-corrected chi connectivity index (χ1v) is 7.12. The molecule has 1 amide bonds. The lowest BCUT2D eigenvalue weighted by Gasteiger charge is -2.31. The third-order valence-electron chi connectivity index (χ3n) is 4.53. The number of nitrogens with one attached hydrogen (secondary N) is 1. The molecule has 98 valence electrons. The topological polar surface area (TPSA) is 32.3 Å². The third-order valence-corrected chi connectivity index (χ3v) is 4.53. The quantitative estimate of drug-likeness (QED) is 0.798. The van der Waals surface area contributed by atoms with Crippen molar-refractivity contribution in [2.75, 3.05) is 0 Å². The predicted molar refractivity (Wildman–Crippen MR) is 69.6 cm³/mol. The zero-order chi connectivity index (χ0) is 12.6. The van der Waals surface area contributed by atoms with Gasteiger partial charge >= 0.3 is 0 Å². The van der Waals surface area contributed by atoms with Crippen LogP contribution < -0.4 is 5.32 Å². The van der Waals surface area contributed by atoms with Crippen molar-refractivity contribution in [3.63, 3.8) is 0 Å². The van der Waals surface area contributed by atoms with Crippen LogP contribution in [0.15, 0.2) is 0 Å². The first-order valence-electron chi connectivity index (χ1n) is 7.12.